The Labute approximate surface area is 151 Å². The third kappa shape index (κ3) is 4.70. The Morgan fingerprint density at radius 1 is 1.12 bits per heavy atom. The van der Waals surface area contributed by atoms with Gasteiger partial charge >= 0.3 is 0 Å². The molecule has 6 heteroatoms. The second kappa shape index (κ2) is 7.70. The van der Waals surface area contributed by atoms with Crippen molar-refractivity contribution in [2.24, 2.45) is 0 Å². The van der Waals surface area contributed by atoms with Crippen LogP contribution in [-0.2, 0) is 20.2 Å². The van der Waals surface area contributed by atoms with Crippen molar-refractivity contribution in [2.75, 3.05) is 26.2 Å². The molecule has 1 amide bonds. The maximum absolute atomic E-state index is 12.8. The SMILES string of the molecule is C=CCCC(=O)N1CCN(S(=O)(=O)c2ccc(C(C)(C)C)cc2)CC1. The maximum atomic E-state index is 12.8. The molecule has 138 valence electrons. The zero-order valence-corrected chi connectivity index (χ0v) is 16.2. The molecule has 0 saturated carbocycles. The first-order valence-corrected chi connectivity index (χ1v) is 10.1. The third-order valence-corrected chi connectivity index (χ3v) is 6.42. The van der Waals surface area contributed by atoms with Gasteiger partial charge in [0.1, 0.15) is 0 Å². The van der Waals surface area contributed by atoms with Gasteiger partial charge in [-0.3, -0.25) is 4.79 Å². The van der Waals surface area contributed by atoms with Gasteiger partial charge in [-0.15, -0.1) is 6.58 Å². The van der Waals surface area contributed by atoms with Gasteiger partial charge in [-0.1, -0.05) is 39.0 Å². The van der Waals surface area contributed by atoms with Gasteiger partial charge in [-0.05, 0) is 29.5 Å². The lowest BCUT2D eigenvalue weighted by Crippen LogP contribution is -2.50. The molecule has 1 saturated heterocycles. The molecular weight excluding hydrogens is 336 g/mol. The average Bonchev–Trinajstić information content (AvgIpc) is 2.59. The Morgan fingerprint density at radius 2 is 1.68 bits per heavy atom. The molecule has 1 heterocycles. The van der Waals surface area contributed by atoms with E-state index in [1.165, 1.54) is 4.31 Å². The van der Waals surface area contributed by atoms with E-state index in [0.717, 1.165) is 5.56 Å². The summed E-state index contributed by atoms with van der Waals surface area (Å²) < 4.78 is 27.1. The summed E-state index contributed by atoms with van der Waals surface area (Å²) in [6.07, 6.45) is 2.81. The van der Waals surface area contributed by atoms with Crippen LogP contribution in [0, 0.1) is 0 Å². The Kier molecular flexibility index (Phi) is 6.06. The molecule has 1 fully saturated rings. The van der Waals surface area contributed by atoms with E-state index in [9.17, 15) is 13.2 Å². The van der Waals surface area contributed by atoms with E-state index in [2.05, 4.69) is 27.4 Å². The van der Waals surface area contributed by atoms with Gasteiger partial charge in [-0.2, -0.15) is 4.31 Å². The van der Waals surface area contributed by atoms with E-state index in [-0.39, 0.29) is 11.3 Å². The normalized spacial score (nSPS) is 16.7. The number of carbonyl (C=O) groups is 1. The standard InChI is InChI=1S/C19H28N2O3S/c1-5-6-7-18(22)20-12-14-21(15-13-20)25(23,24)17-10-8-16(9-11-17)19(2,3)4/h5,8-11H,1,6-7,12-15H2,2-4H3. The van der Waals surface area contributed by atoms with Crippen molar-refractivity contribution in [2.45, 2.75) is 43.9 Å². The van der Waals surface area contributed by atoms with Crippen molar-refractivity contribution in [1.82, 2.24) is 9.21 Å². The van der Waals surface area contributed by atoms with Crippen LogP contribution >= 0.6 is 0 Å². The predicted octanol–water partition coefficient (Wildman–Crippen LogP) is 2.78. The molecule has 0 N–H and O–H groups in total. The highest BCUT2D eigenvalue weighted by Crippen LogP contribution is 2.25. The zero-order chi connectivity index (χ0) is 18.7. The first-order chi connectivity index (χ1) is 11.7. The molecule has 2 rings (SSSR count). The fourth-order valence-electron chi connectivity index (χ4n) is 2.84. The summed E-state index contributed by atoms with van der Waals surface area (Å²) >= 11 is 0. The second-order valence-corrected chi connectivity index (χ2v) is 9.32. The first kappa shape index (κ1) is 19.7. The fourth-order valence-corrected chi connectivity index (χ4v) is 4.26. The Bertz CT molecular complexity index is 710. The van der Waals surface area contributed by atoms with E-state index < -0.39 is 10.0 Å². The van der Waals surface area contributed by atoms with Crippen LogP contribution in [0.1, 0.15) is 39.2 Å². The van der Waals surface area contributed by atoms with Gasteiger partial charge in [-0.25, -0.2) is 8.42 Å². The second-order valence-electron chi connectivity index (χ2n) is 7.39. The highest BCUT2D eigenvalue weighted by molar-refractivity contribution is 7.89. The summed E-state index contributed by atoms with van der Waals surface area (Å²) in [7, 11) is -3.51. The molecule has 0 unspecified atom stereocenters. The fraction of sp³-hybridized carbons (Fsp3) is 0.526. The number of piperazine rings is 1. The lowest BCUT2D eigenvalue weighted by molar-refractivity contribution is -0.132. The molecule has 1 aromatic rings. The predicted molar refractivity (Wildman–Crippen MR) is 99.9 cm³/mol. The molecule has 0 bridgehead atoms. The summed E-state index contributed by atoms with van der Waals surface area (Å²) in [4.78, 5) is 14.1. The van der Waals surface area contributed by atoms with Gasteiger partial charge < -0.3 is 4.90 Å². The van der Waals surface area contributed by atoms with Gasteiger partial charge in [0.15, 0.2) is 0 Å². The molecule has 1 aliphatic rings. The summed E-state index contributed by atoms with van der Waals surface area (Å²) in [5, 5.41) is 0. The minimum atomic E-state index is -3.51. The number of nitrogens with zero attached hydrogens (tertiary/aromatic N) is 2. The van der Waals surface area contributed by atoms with Crippen LogP contribution < -0.4 is 0 Å². The van der Waals surface area contributed by atoms with Gasteiger partial charge in [0, 0.05) is 32.6 Å². The number of rotatable bonds is 5. The number of allylic oxidation sites excluding steroid dienone is 1. The van der Waals surface area contributed by atoms with E-state index >= 15 is 0 Å². The Hall–Kier alpha value is -1.66. The van der Waals surface area contributed by atoms with E-state index in [1.54, 1.807) is 23.1 Å². The quantitative estimate of drug-likeness (QED) is 0.755. The van der Waals surface area contributed by atoms with Crippen molar-refractivity contribution in [3.05, 3.63) is 42.5 Å². The number of hydrogen-bond donors (Lipinski definition) is 0. The minimum absolute atomic E-state index is 0.0142. The van der Waals surface area contributed by atoms with Crippen LogP contribution in [0.25, 0.3) is 0 Å². The molecule has 1 aromatic carbocycles. The van der Waals surface area contributed by atoms with Crippen molar-refractivity contribution < 1.29 is 13.2 Å². The summed E-state index contributed by atoms with van der Waals surface area (Å²) in [6, 6.07) is 7.11. The highest BCUT2D eigenvalue weighted by Gasteiger charge is 2.30. The number of carbonyl (C=O) groups excluding carboxylic acids is 1. The molecule has 0 radical (unpaired) electrons. The topological polar surface area (TPSA) is 57.7 Å². The average molecular weight is 365 g/mol. The molecule has 5 nitrogen and oxygen atoms in total. The van der Waals surface area contributed by atoms with Crippen LogP contribution in [0.5, 0.6) is 0 Å². The lowest BCUT2D eigenvalue weighted by Gasteiger charge is -2.34. The molecule has 1 aliphatic heterocycles. The monoisotopic (exact) mass is 364 g/mol. The lowest BCUT2D eigenvalue weighted by atomic mass is 9.87. The molecule has 0 aromatic heterocycles. The molecule has 0 aliphatic carbocycles. The largest absolute Gasteiger partial charge is 0.340 e. The van der Waals surface area contributed by atoms with Crippen LogP contribution in [0.15, 0.2) is 41.8 Å². The van der Waals surface area contributed by atoms with Gasteiger partial charge in [0.05, 0.1) is 4.90 Å². The number of sulfonamides is 1. The summed E-state index contributed by atoms with van der Waals surface area (Å²) in [5.41, 5.74) is 1.09. The highest BCUT2D eigenvalue weighted by atomic mass is 32.2. The van der Waals surface area contributed by atoms with Crippen molar-refractivity contribution in [3.63, 3.8) is 0 Å². The van der Waals surface area contributed by atoms with E-state index in [4.69, 9.17) is 0 Å². The smallest absolute Gasteiger partial charge is 0.243 e. The number of hydrogen-bond acceptors (Lipinski definition) is 3. The Morgan fingerprint density at radius 3 is 2.16 bits per heavy atom. The van der Waals surface area contributed by atoms with E-state index in [1.807, 2.05) is 12.1 Å². The molecule has 25 heavy (non-hydrogen) atoms. The zero-order valence-electron chi connectivity index (χ0n) is 15.4. The van der Waals surface area contributed by atoms with Crippen LogP contribution in [-0.4, -0.2) is 49.7 Å². The Balaban J connectivity index is 2.04. The van der Waals surface area contributed by atoms with Crippen LogP contribution in [0.4, 0.5) is 0 Å². The first-order valence-electron chi connectivity index (χ1n) is 8.65. The van der Waals surface area contributed by atoms with Crippen molar-refractivity contribution in [1.29, 1.82) is 0 Å². The van der Waals surface area contributed by atoms with Crippen LogP contribution in [0.3, 0.4) is 0 Å². The number of amides is 1. The molecular formula is C19H28N2O3S. The van der Waals surface area contributed by atoms with Crippen molar-refractivity contribution >= 4 is 15.9 Å². The maximum Gasteiger partial charge on any atom is 0.243 e. The summed E-state index contributed by atoms with van der Waals surface area (Å²) in [6.45, 7) is 11.5. The third-order valence-electron chi connectivity index (χ3n) is 4.51. The van der Waals surface area contributed by atoms with Gasteiger partial charge in [0.25, 0.3) is 0 Å². The molecule has 0 atom stereocenters. The van der Waals surface area contributed by atoms with Gasteiger partial charge in [0.2, 0.25) is 15.9 Å². The number of benzene rings is 1. The van der Waals surface area contributed by atoms with E-state index in [0.29, 0.717) is 43.9 Å². The van der Waals surface area contributed by atoms with Crippen molar-refractivity contribution in [3.8, 4) is 0 Å². The minimum Gasteiger partial charge on any atom is -0.340 e. The summed E-state index contributed by atoms with van der Waals surface area (Å²) in [5.74, 6) is 0.0616. The van der Waals surface area contributed by atoms with Crippen LogP contribution in [0.2, 0.25) is 0 Å². The molecule has 0 spiro atoms.